The second kappa shape index (κ2) is 10.2. The van der Waals surface area contributed by atoms with Crippen molar-refractivity contribution in [3.05, 3.63) is 90.0 Å². The number of nitrogens with zero attached hydrogens (tertiary/aromatic N) is 1. The van der Waals surface area contributed by atoms with Crippen molar-refractivity contribution >= 4 is 21.6 Å². The monoisotopic (exact) mass is 438 g/mol. The van der Waals surface area contributed by atoms with Gasteiger partial charge in [-0.15, -0.1) is 0 Å². The number of carbonyl (C=O) groups is 1. The molecule has 0 radical (unpaired) electrons. The van der Waals surface area contributed by atoms with Crippen molar-refractivity contribution in [3.8, 4) is 5.75 Å². The van der Waals surface area contributed by atoms with Crippen LogP contribution in [0, 0.1) is 0 Å². The fourth-order valence-electron chi connectivity index (χ4n) is 3.12. The lowest BCUT2D eigenvalue weighted by atomic mass is 10.1. The molecular formula is C24H26N2O4S. The Bertz CT molecular complexity index is 1110. The third-order valence-corrected chi connectivity index (χ3v) is 6.68. The van der Waals surface area contributed by atoms with E-state index in [2.05, 4.69) is 5.32 Å². The molecule has 0 fully saturated rings. The van der Waals surface area contributed by atoms with Gasteiger partial charge in [-0.2, -0.15) is 4.31 Å². The zero-order valence-electron chi connectivity index (χ0n) is 17.6. The quantitative estimate of drug-likeness (QED) is 0.532. The Morgan fingerprint density at radius 3 is 2.19 bits per heavy atom. The van der Waals surface area contributed by atoms with E-state index in [0.717, 1.165) is 5.56 Å². The normalized spacial score (nSPS) is 11.3. The van der Waals surface area contributed by atoms with E-state index < -0.39 is 10.0 Å². The summed E-state index contributed by atoms with van der Waals surface area (Å²) in [5, 5.41) is 2.86. The molecule has 0 spiro atoms. The molecule has 0 aromatic heterocycles. The SMILES string of the molecule is CCOc1ccccc1NC(=O)c1ccc(CN(CC)S(=O)(=O)c2ccccc2)cc1. The Morgan fingerprint density at radius 1 is 0.903 bits per heavy atom. The van der Waals surface area contributed by atoms with Crippen molar-refractivity contribution < 1.29 is 17.9 Å². The molecule has 0 aliphatic heterocycles. The maximum atomic E-state index is 12.9. The van der Waals surface area contributed by atoms with Crippen molar-refractivity contribution in [3.63, 3.8) is 0 Å². The highest BCUT2D eigenvalue weighted by atomic mass is 32.2. The maximum absolute atomic E-state index is 12.9. The summed E-state index contributed by atoms with van der Waals surface area (Å²) in [6.45, 7) is 4.75. The molecule has 0 heterocycles. The summed E-state index contributed by atoms with van der Waals surface area (Å²) >= 11 is 0. The summed E-state index contributed by atoms with van der Waals surface area (Å²) in [6.07, 6.45) is 0. The van der Waals surface area contributed by atoms with Crippen LogP contribution in [0.1, 0.15) is 29.8 Å². The molecule has 0 unspecified atom stereocenters. The summed E-state index contributed by atoms with van der Waals surface area (Å²) in [7, 11) is -3.59. The van der Waals surface area contributed by atoms with E-state index >= 15 is 0 Å². The van der Waals surface area contributed by atoms with Crippen molar-refractivity contribution in [2.24, 2.45) is 0 Å². The summed E-state index contributed by atoms with van der Waals surface area (Å²) < 4.78 is 32.7. The first-order valence-electron chi connectivity index (χ1n) is 10.1. The van der Waals surface area contributed by atoms with Crippen LogP contribution in [0.25, 0.3) is 0 Å². The minimum Gasteiger partial charge on any atom is -0.492 e. The molecule has 3 aromatic carbocycles. The number of carbonyl (C=O) groups excluding carboxylic acids is 1. The molecule has 3 rings (SSSR count). The average Bonchev–Trinajstić information content (AvgIpc) is 2.79. The average molecular weight is 439 g/mol. The van der Waals surface area contributed by atoms with E-state index in [1.165, 1.54) is 4.31 Å². The Kier molecular flexibility index (Phi) is 7.44. The Morgan fingerprint density at radius 2 is 1.55 bits per heavy atom. The topological polar surface area (TPSA) is 75.7 Å². The fraction of sp³-hybridized carbons (Fsp3) is 0.208. The van der Waals surface area contributed by atoms with Crippen LogP contribution in [0.15, 0.2) is 83.8 Å². The molecule has 31 heavy (non-hydrogen) atoms. The first-order valence-corrected chi connectivity index (χ1v) is 11.6. The zero-order chi connectivity index (χ0) is 22.3. The Balaban J connectivity index is 1.72. The summed E-state index contributed by atoms with van der Waals surface area (Å²) in [5.74, 6) is 0.350. The molecule has 162 valence electrons. The molecule has 0 saturated heterocycles. The van der Waals surface area contributed by atoms with Crippen LogP contribution < -0.4 is 10.1 Å². The number of para-hydroxylation sites is 2. The minimum atomic E-state index is -3.59. The van der Waals surface area contributed by atoms with Crippen LogP contribution in [0.3, 0.4) is 0 Å². The van der Waals surface area contributed by atoms with Gasteiger partial charge in [-0.05, 0) is 48.9 Å². The number of ether oxygens (including phenoxy) is 1. The van der Waals surface area contributed by atoms with Gasteiger partial charge in [0.05, 0.1) is 17.2 Å². The van der Waals surface area contributed by atoms with Crippen molar-refractivity contribution in [2.75, 3.05) is 18.5 Å². The van der Waals surface area contributed by atoms with Crippen molar-refractivity contribution in [1.29, 1.82) is 0 Å². The molecule has 3 aromatic rings. The summed E-state index contributed by atoms with van der Waals surface area (Å²) in [4.78, 5) is 12.9. The molecule has 0 aliphatic carbocycles. The second-order valence-corrected chi connectivity index (χ2v) is 8.76. The lowest BCUT2D eigenvalue weighted by Gasteiger charge is -2.20. The number of hydrogen-bond donors (Lipinski definition) is 1. The Hall–Kier alpha value is -3.16. The van der Waals surface area contributed by atoms with Gasteiger partial charge in [0, 0.05) is 18.7 Å². The summed E-state index contributed by atoms with van der Waals surface area (Å²) in [5.41, 5.74) is 1.88. The van der Waals surface area contributed by atoms with E-state index in [9.17, 15) is 13.2 Å². The summed E-state index contributed by atoms with van der Waals surface area (Å²) in [6, 6.07) is 22.6. The van der Waals surface area contributed by atoms with Gasteiger partial charge in [0.1, 0.15) is 5.75 Å². The third kappa shape index (κ3) is 5.51. The van der Waals surface area contributed by atoms with Gasteiger partial charge in [-0.25, -0.2) is 8.42 Å². The highest BCUT2D eigenvalue weighted by Gasteiger charge is 2.23. The first kappa shape index (κ1) is 22.5. The molecule has 0 aliphatic rings. The van der Waals surface area contributed by atoms with E-state index in [0.29, 0.717) is 30.2 Å². The third-order valence-electron chi connectivity index (χ3n) is 4.74. The van der Waals surface area contributed by atoms with Crippen molar-refractivity contribution in [1.82, 2.24) is 4.31 Å². The molecule has 6 nitrogen and oxygen atoms in total. The highest BCUT2D eigenvalue weighted by Crippen LogP contribution is 2.24. The molecule has 1 amide bonds. The van der Waals surface area contributed by atoms with Gasteiger partial charge in [-0.1, -0.05) is 49.4 Å². The highest BCUT2D eigenvalue weighted by molar-refractivity contribution is 7.89. The van der Waals surface area contributed by atoms with Crippen LogP contribution >= 0.6 is 0 Å². The zero-order valence-corrected chi connectivity index (χ0v) is 18.4. The number of benzene rings is 3. The first-order chi connectivity index (χ1) is 15.0. The predicted octanol–water partition coefficient (Wildman–Crippen LogP) is 4.55. The number of hydrogen-bond acceptors (Lipinski definition) is 4. The maximum Gasteiger partial charge on any atom is 0.255 e. The van der Waals surface area contributed by atoms with Crippen LogP contribution in [0.4, 0.5) is 5.69 Å². The van der Waals surface area contributed by atoms with Gasteiger partial charge in [-0.3, -0.25) is 4.79 Å². The number of rotatable bonds is 9. The number of anilines is 1. The van der Waals surface area contributed by atoms with E-state index in [4.69, 9.17) is 4.74 Å². The fourth-order valence-corrected chi connectivity index (χ4v) is 4.58. The number of amides is 1. The van der Waals surface area contributed by atoms with Gasteiger partial charge in [0.15, 0.2) is 0 Å². The van der Waals surface area contributed by atoms with Crippen LogP contribution in [-0.2, 0) is 16.6 Å². The molecule has 7 heteroatoms. The molecule has 0 atom stereocenters. The van der Waals surface area contributed by atoms with Gasteiger partial charge in [0.25, 0.3) is 5.91 Å². The van der Waals surface area contributed by atoms with Gasteiger partial charge in [0.2, 0.25) is 10.0 Å². The molecule has 1 N–H and O–H groups in total. The molecule has 0 saturated carbocycles. The van der Waals surface area contributed by atoms with Gasteiger partial charge >= 0.3 is 0 Å². The lowest BCUT2D eigenvalue weighted by molar-refractivity contribution is 0.102. The lowest BCUT2D eigenvalue weighted by Crippen LogP contribution is -2.30. The minimum absolute atomic E-state index is 0.225. The molecule has 0 bridgehead atoms. The van der Waals surface area contributed by atoms with Crippen LogP contribution in [0.5, 0.6) is 5.75 Å². The van der Waals surface area contributed by atoms with E-state index in [1.54, 1.807) is 73.7 Å². The van der Waals surface area contributed by atoms with E-state index in [-0.39, 0.29) is 17.3 Å². The van der Waals surface area contributed by atoms with Crippen LogP contribution in [-0.4, -0.2) is 31.8 Å². The molecular weight excluding hydrogens is 412 g/mol. The smallest absolute Gasteiger partial charge is 0.255 e. The largest absolute Gasteiger partial charge is 0.492 e. The Labute approximate surface area is 183 Å². The number of sulfonamides is 1. The standard InChI is InChI=1S/C24H26N2O4S/c1-3-26(31(28,29)21-10-6-5-7-11-21)18-19-14-16-20(17-15-19)24(27)25-22-12-8-9-13-23(22)30-4-2/h5-17H,3-4,18H2,1-2H3,(H,25,27). The van der Waals surface area contributed by atoms with E-state index in [1.807, 2.05) is 19.1 Å². The number of nitrogens with one attached hydrogen (secondary N) is 1. The van der Waals surface area contributed by atoms with Crippen molar-refractivity contribution in [2.45, 2.75) is 25.3 Å². The second-order valence-electron chi connectivity index (χ2n) is 6.82. The van der Waals surface area contributed by atoms with Crippen LogP contribution in [0.2, 0.25) is 0 Å². The van der Waals surface area contributed by atoms with Gasteiger partial charge < -0.3 is 10.1 Å². The predicted molar refractivity (Wildman–Crippen MR) is 122 cm³/mol.